The first-order valence-corrected chi connectivity index (χ1v) is 9.13. The zero-order valence-corrected chi connectivity index (χ0v) is 16.4. The fraction of sp³-hybridized carbons (Fsp3) is 0.238. The van der Waals surface area contributed by atoms with Crippen LogP contribution in [0.5, 0.6) is 11.5 Å². The first-order chi connectivity index (χ1) is 14.0. The van der Waals surface area contributed by atoms with Gasteiger partial charge in [0.1, 0.15) is 11.5 Å². The molecule has 0 spiro atoms. The highest BCUT2D eigenvalue weighted by atomic mass is 16.5. The number of anilines is 1. The number of carbonyl (C=O) groups excluding carboxylic acids is 1. The molecule has 1 aromatic carbocycles. The summed E-state index contributed by atoms with van der Waals surface area (Å²) >= 11 is 0. The molecule has 2 N–H and O–H groups in total. The van der Waals surface area contributed by atoms with E-state index in [-0.39, 0.29) is 17.9 Å². The summed E-state index contributed by atoms with van der Waals surface area (Å²) in [6, 6.07) is 8.62. The van der Waals surface area contributed by atoms with Gasteiger partial charge in [-0.05, 0) is 37.3 Å². The maximum Gasteiger partial charge on any atom is 0.258 e. The van der Waals surface area contributed by atoms with Crippen molar-refractivity contribution in [3.63, 3.8) is 0 Å². The molecule has 3 aromatic rings. The van der Waals surface area contributed by atoms with Crippen LogP contribution in [0.25, 0.3) is 11.3 Å². The van der Waals surface area contributed by atoms with E-state index in [4.69, 9.17) is 15.2 Å². The SMILES string of the molecule is COc1ccc(OC)c(C(=O)N2Cc3c(-c4ccncc4)nc(N)nc3[C@H]2C)c1. The van der Waals surface area contributed by atoms with Crippen molar-refractivity contribution < 1.29 is 14.3 Å². The van der Waals surface area contributed by atoms with Crippen LogP contribution in [0.15, 0.2) is 42.7 Å². The van der Waals surface area contributed by atoms with Gasteiger partial charge in [-0.15, -0.1) is 0 Å². The minimum atomic E-state index is -0.265. The molecule has 8 heteroatoms. The fourth-order valence-corrected chi connectivity index (χ4v) is 3.61. The Morgan fingerprint density at radius 2 is 1.90 bits per heavy atom. The van der Waals surface area contributed by atoms with Gasteiger partial charge in [-0.1, -0.05) is 0 Å². The van der Waals surface area contributed by atoms with Crippen molar-refractivity contribution in [1.82, 2.24) is 19.9 Å². The highest BCUT2D eigenvalue weighted by molar-refractivity contribution is 5.98. The second-order valence-corrected chi connectivity index (χ2v) is 6.71. The Balaban J connectivity index is 1.76. The van der Waals surface area contributed by atoms with Gasteiger partial charge in [-0.2, -0.15) is 0 Å². The lowest BCUT2D eigenvalue weighted by Crippen LogP contribution is -2.28. The van der Waals surface area contributed by atoms with E-state index in [1.807, 2.05) is 19.1 Å². The Morgan fingerprint density at radius 3 is 2.59 bits per heavy atom. The van der Waals surface area contributed by atoms with Crippen LogP contribution in [-0.2, 0) is 6.54 Å². The Morgan fingerprint density at radius 1 is 1.14 bits per heavy atom. The van der Waals surface area contributed by atoms with Gasteiger partial charge < -0.3 is 20.1 Å². The average Bonchev–Trinajstić information content (AvgIpc) is 3.09. The molecule has 0 saturated heterocycles. The molecule has 1 amide bonds. The second kappa shape index (κ2) is 7.38. The molecule has 1 aliphatic rings. The van der Waals surface area contributed by atoms with Gasteiger partial charge in [0, 0.05) is 23.5 Å². The number of nitrogens with zero attached hydrogens (tertiary/aromatic N) is 4. The lowest BCUT2D eigenvalue weighted by atomic mass is 10.1. The molecule has 29 heavy (non-hydrogen) atoms. The molecule has 0 saturated carbocycles. The molecule has 4 rings (SSSR count). The molecular formula is C21H21N5O3. The Hall–Kier alpha value is -3.68. The van der Waals surface area contributed by atoms with Crippen LogP contribution in [-0.4, -0.2) is 40.0 Å². The van der Waals surface area contributed by atoms with Gasteiger partial charge in [0.2, 0.25) is 5.95 Å². The van der Waals surface area contributed by atoms with Gasteiger partial charge in [0.15, 0.2) is 0 Å². The van der Waals surface area contributed by atoms with Crippen LogP contribution >= 0.6 is 0 Å². The Kier molecular flexibility index (Phi) is 4.75. The number of pyridine rings is 1. The van der Waals surface area contributed by atoms with Gasteiger partial charge in [-0.3, -0.25) is 9.78 Å². The summed E-state index contributed by atoms with van der Waals surface area (Å²) in [6.07, 6.45) is 3.39. The minimum absolute atomic E-state index is 0.175. The number of fused-ring (bicyclic) bond motifs is 1. The molecule has 2 aromatic heterocycles. The smallest absolute Gasteiger partial charge is 0.258 e. The van der Waals surface area contributed by atoms with E-state index in [1.165, 1.54) is 7.11 Å². The summed E-state index contributed by atoms with van der Waals surface area (Å²) in [5.41, 5.74) is 9.63. The second-order valence-electron chi connectivity index (χ2n) is 6.71. The van der Waals surface area contributed by atoms with Crippen LogP contribution in [0.3, 0.4) is 0 Å². The van der Waals surface area contributed by atoms with E-state index in [9.17, 15) is 4.79 Å². The summed E-state index contributed by atoms with van der Waals surface area (Å²) < 4.78 is 10.7. The monoisotopic (exact) mass is 391 g/mol. The van der Waals surface area contributed by atoms with Gasteiger partial charge in [0.05, 0.1) is 43.8 Å². The summed E-state index contributed by atoms with van der Waals surface area (Å²) in [7, 11) is 3.10. The average molecular weight is 391 g/mol. The van der Waals surface area contributed by atoms with E-state index in [0.29, 0.717) is 23.6 Å². The van der Waals surface area contributed by atoms with Crippen molar-refractivity contribution in [2.24, 2.45) is 0 Å². The van der Waals surface area contributed by atoms with Crippen molar-refractivity contribution in [3.05, 3.63) is 59.5 Å². The molecule has 0 bridgehead atoms. The van der Waals surface area contributed by atoms with Crippen molar-refractivity contribution >= 4 is 11.9 Å². The number of hydrogen-bond donors (Lipinski definition) is 1. The topological polar surface area (TPSA) is 103 Å². The number of amides is 1. The van der Waals surface area contributed by atoms with Gasteiger partial charge in [-0.25, -0.2) is 9.97 Å². The maximum atomic E-state index is 13.4. The zero-order chi connectivity index (χ0) is 20.5. The Bertz CT molecular complexity index is 1070. The predicted octanol–water partition coefficient (Wildman–Crippen LogP) is 2.86. The third-order valence-electron chi connectivity index (χ3n) is 5.10. The summed E-state index contributed by atoms with van der Waals surface area (Å²) in [6.45, 7) is 2.30. The normalized spacial score (nSPS) is 15.1. The van der Waals surface area contributed by atoms with E-state index in [1.54, 1.807) is 42.6 Å². The zero-order valence-electron chi connectivity index (χ0n) is 16.4. The van der Waals surface area contributed by atoms with Crippen LogP contribution in [0.2, 0.25) is 0 Å². The number of aromatic nitrogens is 3. The van der Waals surface area contributed by atoms with Crippen molar-refractivity contribution in [1.29, 1.82) is 0 Å². The molecule has 1 atom stereocenters. The Labute approximate surface area is 168 Å². The molecule has 0 radical (unpaired) electrons. The lowest BCUT2D eigenvalue weighted by molar-refractivity contribution is 0.0699. The molecule has 3 heterocycles. The predicted molar refractivity (Wildman–Crippen MR) is 108 cm³/mol. The largest absolute Gasteiger partial charge is 0.497 e. The fourth-order valence-electron chi connectivity index (χ4n) is 3.61. The molecule has 0 unspecified atom stereocenters. The van der Waals surface area contributed by atoms with E-state index >= 15 is 0 Å². The van der Waals surface area contributed by atoms with Crippen LogP contribution in [0, 0.1) is 0 Å². The van der Waals surface area contributed by atoms with Gasteiger partial charge in [0.25, 0.3) is 5.91 Å². The van der Waals surface area contributed by atoms with Gasteiger partial charge >= 0.3 is 0 Å². The third-order valence-corrected chi connectivity index (χ3v) is 5.10. The minimum Gasteiger partial charge on any atom is -0.497 e. The summed E-state index contributed by atoms with van der Waals surface area (Å²) in [5, 5.41) is 0. The number of nitrogens with two attached hydrogens (primary N) is 1. The van der Waals surface area contributed by atoms with E-state index in [0.717, 1.165) is 22.5 Å². The highest BCUT2D eigenvalue weighted by Gasteiger charge is 2.36. The maximum absolute atomic E-state index is 13.4. The van der Waals surface area contributed by atoms with Crippen molar-refractivity contribution in [2.75, 3.05) is 20.0 Å². The highest BCUT2D eigenvalue weighted by Crippen LogP contribution is 2.39. The first-order valence-electron chi connectivity index (χ1n) is 9.13. The number of benzene rings is 1. The number of nitrogen functional groups attached to an aromatic ring is 1. The standard InChI is InChI=1S/C21H21N5O3/c1-12-18-16(19(25-21(22)24-18)13-6-8-23-9-7-13)11-26(12)20(27)15-10-14(28-2)4-5-17(15)29-3/h4-10,12H,11H2,1-3H3,(H2,22,24,25)/t12-/m1/s1. The molecular weight excluding hydrogens is 370 g/mol. The van der Waals surface area contributed by atoms with E-state index < -0.39 is 0 Å². The number of hydrogen-bond acceptors (Lipinski definition) is 7. The third kappa shape index (κ3) is 3.22. The number of carbonyl (C=O) groups is 1. The molecule has 1 aliphatic heterocycles. The van der Waals surface area contributed by atoms with Crippen molar-refractivity contribution in [3.8, 4) is 22.8 Å². The molecule has 0 aliphatic carbocycles. The summed E-state index contributed by atoms with van der Waals surface area (Å²) in [4.78, 5) is 28.1. The number of ether oxygens (including phenoxy) is 2. The van der Waals surface area contributed by atoms with Crippen LogP contribution in [0.4, 0.5) is 5.95 Å². The number of rotatable bonds is 4. The van der Waals surface area contributed by atoms with E-state index in [2.05, 4.69) is 15.0 Å². The first kappa shape index (κ1) is 18.7. The van der Waals surface area contributed by atoms with Crippen LogP contribution in [0.1, 0.15) is 34.6 Å². The lowest BCUT2D eigenvalue weighted by Gasteiger charge is -2.22. The molecule has 148 valence electrons. The van der Waals surface area contributed by atoms with Crippen molar-refractivity contribution in [2.45, 2.75) is 19.5 Å². The quantitative estimate of drug-likeness (QED) is 0.729. The summed E-state index contributed by atoms with van der Waals surface area (Å²) in [5.74, 6) is 1.07. The molecule has 8 nitrogen and oxygen atoms in total. The van der Waals surface area contributed by atoms with Crippen LogP contribution < -0.4 is 15.2 Å². The number of methoxy groups -OCH3 is 2. The molecule has 0 fully saturated rings.